The van der Waals surface area contributed by atoms with Crippen molar-refractivity contribution in [3.05, 3.63) is 34.3 Å². The van der Waals surface area contributed by atoms with Crippen LogP contribution in [0.5, 0.6) is 0 Å². The molecule has 0 amide bonds. The van der Waals surface area contributed by atoms with Gasteiger partial charge in [-0.15, -0.1) is 0 Å². The first-order valence-electron chi connectivity index (χ1n) is 7.55. The Hall–Kier alpha value is -1.28. The van der Waals surface area contributed by atoms with Crippen molar-refractivity contribution in [1.29, 1.82) is 0 Å². The topological polar surface area (TPSA) is 132 Å². The van der Waals surface area contributed by atoms with Gasteiger partial charge >= 0.3 is 5.97 Å². The van der Waals surface area contributed by atoms with Crippen LogP contribution in [-0.4, -0.2) is 36.0 Å². The first kappa shape index (κ1) is 21.7. The van der Waals surface area contributed by atoms with Crippen molar-refractivity contribution in [3.8, 4) is 0 Å². The second-order valence-corrected chi connectivity index (χ2v) is 6.17. The van der Waals surface area contributed by atoms with Crippen LogP contribution in [0.25, 0.3) is 0 Å². The molecule has 0 spiro atoms. The van der Waals surface area contributed by atoms with Crippen LogP contribution < -0.4 is 17.2 Å². The van der Waals surface area contributed by atoms with Gasteiger partial charge in [-0.05, 0) is 25.0 Å². The summed E-state index contributed by atoms with van der Waals surface area (Å²) in [5.41, 5.74) is 16.1. The van der Waals surface area contributed by atoms with Gasteiger partial charge in [0.1, 0.15) is 12.3 Å². The minimum Gasteiger partial charge on any atom is -0.480 e. The van der Waals surface area contributed by atoms with Crippen LogP contribution >= 0.6 is 15.9 Å². The maximum absolute atomic E-state index is 10.1. The maximum Gasteiger partial charge on any atom is 0.321 e. The summed E-state index contributed by atoms with van der Waals surface area (Å²) in [6.07, 6.45) is 7.49. The van der Waals surface area contributed by atoms with Crippen LogP contribution in [0.3, 0.4) is 0 Å². The first-order chi connectivity index (χ1) is 10.9. The van der Waals surface area contributed by atoms with Crippen LogP contribution in [0.2, 0.25) is 0 Å². The summed E-state index contributed by atoms with van der Waals surface area (Å²) >= 11 is 3.24. The van der Waals surface area contributed by atoms with E-state index in [0.717, 1.165) is 10.8 Å². The molecule has 1 atom stereocenters. The number of hydrogen-bond donors (Lipinski definition) is 4. The molecule has 1 aliphatic rings. The number of carbonyl (C=O) groups is 2. The van der Waals surface area contributed by atoms with Gasteiger partial charge in [-0.1, -0.05) is 47.3 Å². The number of rotatable bonds is 3. The molecule has 0 unspecified atom stereocenters. The minimum absolute atomic E-state index is 0.00463. The summed E-state index contributed by atoms with van der Waals surface area (Å²) in [5.74, 6) is -1.05. The molecule has 1 aromatic carbocycles. The van der Waals surface area contributed by atoms with Crippen LogP contribution in [0.4, 0.5) is 0 Å². The normalized spacial score (nSPS) is 15.3. The number of aldehydes is 1. The van der Waals surface area contributed by atoms with Gasteiger partial charge in [-0.3, -0.25) is 9.59 Å². The fraction of sp³-hybridized carbons (Fsp3) is 0.500. The summed E-state index contributed by atoms with van der Waals surface area (Å²) in [7, 11) is 0. The number of benzene rings is 1. The average molecular weight is 388 g/mol. The van der Waals surface area contributed by atoms with E-state index in [1.54, 1.807) is 12.1 Å². The second-order valence-electron chi connectivity index (χ2n) is 5.25. The molecule has 0 bridgehead atoms. The predicted octanol–water partition coefficient (Wildman–Crippen LogP) is 1.90. The zero-order valence-corrected chi connectivity index (χ0v) is 14.7. The SMILES string of the molecule is NC1CCCCC1.NC[C@H](N)C(=O)O.O=Cc1cccc(Br)c1. The van der Waals surface area contributed by atoms with E-state index in [1.807, 2.05) is 12.1 Å². The Bertz CT molecular complexity index is 466. The van der Waals surface area contributed by atoms with E-state index in [9.17, 15) is 9.59 Å². The number of halogens is 1. The van der Waals surface area contributed by atoms with Crippen molar-refractivity contribution in [1.82, 2.24) is 0 Å². The highest BCUT2D eigenvalue weighted by Crippen LogP contribution is 2.14. The van der Waals surface area contributed by atoms with Crippen molar-refractivity contribution < 1.29 is 14.7 Å². The highest BCUT2D eigenvalue weighted by atomic mass is 79.9. The van der Waals surface area contributed by atoms with Crippen molar-refractivity contribution in [2.75, 3.05) is 6.54 Å². The van der Waals surface area contributed by atoms with Gasteiger partial charge in [0, 0.05) is 22.6 Å². The molecule has 0 radical (unpaired) electrons. The molecule has 1 fully saturated rings. The molecule has 0 aliphatic heterocycles. The molecule has 23 heavy (non-hydrogen) atoms. The standard InChI is InChI=1S/C7H5BrO.C6H13N.C3H8N2O2/c8-7-3-1-2-6(4-7)5-9;7-6-4-2-1-3-5-6;4-1-2(5)3(6)7/h1-5H;6H,1-5,7H2;2H,1,4-5H2,(H,6,7)/t;;2-/m..0/s1. The molecule has 7 heteroatoms. The van der Waals surface area contributed by atoms with Crippen LogP contribution in [-0.2, 0) is 4.79 Å². The predicted molar refractivity (Wildman–Crippen MR) is 95.3 cm³/mol. The van der Waals surface area contributed by atoms with Crippen LogP contribution in [0.1, 0.15) is 42.5 Å². The van der Waals surface area contributed by atoms with Gasteiger partial charge in [0.2, 0.25) is 0 Å². The van der Waals surface area contributed by atoms with E-state index in [4.69, 9.17) is 22.3 Å². The summed E-state index contributed by atoms with van der Waals surface area (Å²) in [6.45, 7) is -0.00463. The molecule has 1 aliphatic carbocycles. The molecule has 0 heterocycles. The summed E-state index contributed by atoms with van der Waals surface area (Å²) in [6, 6.07) is 6.87. The largest absolute Gasteiger partial charge is 0.480 e. The maximum atomic E-state index is 10.1. The molecule has 1 saturated carbocycles. The molecular formula is C16H26BrN3O3. The van der Waals surface area contributed by atoms with Crippen LogP contribution in [0, 0.1) is 0 Å². The van der Waals surface area contributed by atoms with Gasteiger partial charge in [-0.2, -0.15) is 0 Å². The van der Waals surface area contributed by atoms with Gasteiger partial charge in [0.25, 0.3) is 0 Å². The lowest BCUT2D eigenvalue weighted by molar-refractivity contribution is -0.138. The van der Waals surface area contributed by atoms with Gasteiger partial charge in [-0.25, -0.2) is 0 Å². The van der Waals surface area contributed by atoms with Crippen molar-refractivity contribution in [3.63, 3.8) is 0 Å². The molecule has 0 saturated heterocycles. The Morgan fingerprint density at radius 3 is 2.22 bits per heavy atom. The Balaban J connectivity index is 0.000000320. The number of hydrogen-bond acceptors (Lipinski definition) is 5. The third kappa shape index (κ3) is 11.9. The molecular weight excluding hydrogens is 362 g/mol. The van der Waals surface area contributed by atoms with Gasteiger partial charge < -0.3 is 22.3 Å². The fourth-order valence-electron chi connectivity index (χ4n) is 1.81. The first-order valence-corrected chi connectivity index (χ1v) is 8.34. The highest BCUT2D eigenvalue weighted by molar-refractivity contribution is 9.10. The van der Waals surface area contributed by atoms with Gasteiger partial charge in [0.15, 0.2) is 0 Å². The number of carboxylic acids is 1. The van der Waals surface area contributed by atoms with Crippen molar-refractivity contribution >= 4 is 28.2 Å². The van der Waals surface area contributed by atoms with Crippen molar-refractivity contribution in [2.45, 2.75) is 44.2 Å². The molecule has 1 aromatic rings. The number of nitrogens with two attached hydrogens (primary N) is 3. The Morgan fingerprint density at radius 1 is 1.35 bits per heavy atom. The van der Waals surface area contributed by atoms with E-state index in [1.165, 1.54) is 32.1 Å². The summed E-state index contributed by atoms with van der Waals surface area (Å²) in [4.78, 5) is 19.9. The molecule has 7 N–H and O–H groups in total. The van der Waals surface area contributed by atoms with E-state index in [2.05, 4.69) is 15.9 Å². The summed E-state index contributed by atoms with van der Waals surface area (Å²) < 4.78 is 0.937. The smallest absolute Gasteiger partial charge is 0.321 e. The zero-order chi connectivity index (χ0) is 17.7. The van der Waals surface area contributed by atoms with E-state index < -0.39 is 12.0 Å². The molecule has 6 nitrogen and oxygen atoms in total. The Labute approximate surface area is 145 Å². The zero-order valence-electron chi connectivity index (χ0n) is 13.2. The second kappa shape index (κ2) is 13.2. The van der Waals surface area contributed by atoms with Crippen molar-refractivity contribution in [2.24, 2.45) is 17.2 Å². The monoisotopic (exact) mass is 387 g/mol. The Morgan fingerprint density at radius 2 is 1.96 bits per heavy atom. The van der Waals surface area contributed by atoms with E-state index in [0.29, 0.717) is 11.6 Å². The van der Waals surface area contributed by atoms with Crippen LogP contribution in [0.15, 0.2) is 28.7 Å². The molecule has 0 aromatic heterocycles. The molecule has 130 valence electrons. The lowest BCUT2D eigenvalue weighted by atomic mass is 9.97. The van der Waals surface area contributed by atoms with E-state index >= 15 is 0 Å². The fourth-order valence-corrected chi connectivity index (χ4v) is 2.23. The quantitative estimate of drug-likeness (QED) is 0.585. The minimum atomic E-state index is -1.05. The molecule has 2 rings (SSSR count). The third-order valence-corrected chi connectivity index (χ3v) is 3.70. The lowest BCUT2D eigenvalue weighted by Crippen LogP contribution is -2.37. The number of aliphatic carboxylic acids is 1. The average Bonchev–Trinajstić information content (AvgIpc) is 2.55. The number of carboxylic acid groups (broad SMARTS) is 1. The van der Waals surface area contributed by atoms with E-state index in [-0.39, 0.29) is 6.54 Å². The van der Waals surface area contributed by atoms with Gasteiger partial charge in [0.05, 0.1) is 0 Å². The lowest BCUT2D eigenvalue weighted by Gasteiger charge is -2.15. The number of carbonyl (C=O) groups excluding carboxylic acids is 1. The third-order valence-electron chi connectivity index (χ3n) is 3.21. The Kier molecular flexibility index (Phi) is 12.5. The summed E-state index contributed by atoms with van der Waals surface area (Å²) in [5, 5.41) is 7.98. The highest BCUT2D eigenvalue weighted by Gasteiger charge is 2.06.